The van der Waals surface area contributed by atoms with Gasteiger partial charge in [0.25, 0.3) is 0 Å². The van der Waals surface area contributed by atoms with Gasteiger partial charge in [-0.15, -0.1) is 11.3 Å². The number of nitrogens with one attached hydrogen (secondary N) is 2. The molecule has 0 spiro atoms. The molecular formula is C12H15N3O2S2. The number of aryl methyl sites for hydroxylation is 1. The molecule has 5 nitrogen and oxygen atoms in total. The molecule has 2 rings (SSSR count). The largest absolute Gasteiger partial charge is 0.379 e. The minimum atomic E-state index is -3.40. The summed E-state index contributed by atoms with van der Waals surface area (Å²) in [6.07, 6.45) is 0. The number of rotatable bonds is 5. The van der Waals surface area contributed by atoms with Gasteiger partial charge < -0.3 is 5.32 Å². The maximum atomic E-state index is 11.7. The van der Waals surface area contributed by atoms with Gasteiger partial charge in [-0.1, -0.05) is 6.07 Å². The summed E-state index contributed by atoms with van der Waals surface area (Å²) in [6, 6.07) is 6.70. The zero-order valence-corrected chi connectivity index (χ0v) is 12.3. The lowest BCUT2D eigenvalue weighted by Crippen LogP contribution is -2.18. The molecule has 0 amide bonds. The van der Waals surface area contributed by atoms with Crippen molar-refractivity contribution >= 4 is 27.0 Å². The normalized spacial score (nSPS) is 11.5. The Morgan fingerprint density at radius 2 is 2.16 bits per heavy atom. The first-order chi connectivity index (χ1) is 9.01. The van der Waals surface area contributed by atoms with Gasteiger partial charge >= 0.3 is 0 Å². The molecule has 0 atom stereocenters. The van der Waals surface area contributed by atoms with Gasteiger partial charge in [-0.3, -0.25) is 0 Å². The first-order valence-corrected chi connectivity index (χ1v) is 8.06. The Labute approximate surface area is 116 Å². The Balaban J connectivity index is 2.11. The molecule has 1 aromatic heterocycles. The second-order valence-corrected chi connectivity index (χ2v) is 6.90. The highest BCUT2D eigenvalue weighted by atomic mass is 32.2. The zero-order chi connectivity index (χ0) is 13.9. The number of hydrogen-bond acceptors (Lipinski definition) is 5. The molecule has 0 aliphatic rings. The number of nitrogens with zero attached hydrogens (tertiary/aromatic N) is 1. The number of anilines is 1. The van der Waals surface area contributed by atoms with Crippen LogP contribution >= 0.6 is 11.3 Å². The molecule has 1 heterocycles. The summed E-state index contributed by atoms with van der Waals surface area (Å²) >= 11 is 1.59. The van der Waals surface area contributed by atoms with Crippen molar-refractivity contribution in [3.05, 3.63) is 40.3 Å². The molecular weight excluding hydrogens is 282 g/mol. The van der Waals surface area contributed by atoms with Crippen LogP contribution in [0.1, 0.15) is 10.7 Å². The van der Waals surface area contributed by atoms with Gasteiger partial charge in [0, 0.05) is 11.1 Å². The van der Waals surface area contributed by atoms with E-state index in [2.05, 4.69) is 15.0 Å². The zero-order valence-electron chi connectivity index (χ0n) is 10.7. The average Bonchev–Trinajstić information content (AvgIpc) is 2.82. The van der Waals surface area contributed by atoms with Crippen LogP contribution in [0.2, 0.25) is 0 Å². The Hall–Kier alpha value is -1.44. The highest BCUT2D eigenvalue weighted by Crippen LogP contribution is 2.16. The molecule has 0 fully saturated rings. The van der Waals surface area contributed by atoms with E-state index in [0.29, 0.717) is 6.54 Å². The van der Waals surface area contributed by atoms with E-state index in [1.54, 1.807) is 29.5 Å². The molecule has 19 heavy (non-hydrogen) atoms. The second-order valence-electron chi connectivity index (χ2n) is 3.95. The molecule has 2 aromatic rings. The average molecular weight is 297 g/mol. The topological polar surface area (TPSA) is 71.1 Å². The fourth-order valence-electron chi connectivity index (χ4n) is 1.57. The number of thiazole rings is 1. The smallest absolute Gasteiger partial charge is 0.240 e. The molecule has 0 radical (unpaired) electrons. The number of aromatic nitrogens is 1. The Kier molecular flexibility index (Phi) is 4.18. The maximum absolute atomic E-state index is 11.7. The number of benzene rings is 1. The van der Waals surface area contributed by atoms with Gasteiger partial charge in [-0.2, -0.15) is 0 Å². The standard InChI is InChI=1S/C12H15N3O2S2/c1-9-15-11(8-18-9)7-14-10-4-3-5-12(6-10)19(16,17)13-2/h3-6,8,13-14H,7H2,1-2H3. The van der Waals surface area contributed by atoms with Crippen LogP contribution in [0.25, 0.3) is 0 Å². The molecule has 0 unspecified atom stereocenters. The third-order valence-electron chi connectivity index (χ3n) is 2.55. The predicted octanol–water partition coefficient (Wildman–Crippen LogP) is 1.97. The van der Waals surface area contributed by atoms with Crippen molar-refractivity contribution < 1.29 is 8.42 Å². The van der Waals surface area contributed by atoms with Gasteiger partial charge in [0.1, 0.15) is 0 Å². The van der Waals surface area contributed by atoms with Gasteiger partial charge in [-0.05, 0) is 32.2 Å². The lowest BCUT2D eigenvalue weighted by Gasteiger charge is -2.07. The third-order valence-corrected chi connectivity index (χ3v) is 4.79. The van der Waals surface area contributed by atoms with E-state index < -0.39 is 10.0 Å². The number of sulfonamides is 1. The van der Waals surface area contributed by atoms with Crippen molar-refractivity contribution in [1.29, 1.82) is 0 Å². The van der Waals surface area contributed by atoms with E-state index in [4.69, 9.17) is 0 Å². The van der Waals surface area contributed by atoms with E-state index in [9.17, 15) is 8.42 Å². The molecule has 2 N–H and O–H groups in total. The van der Waals surface area contributed by atoms with E-state index in [1.807, 2.05) is 18.4 Å². The molecule has 0 aliphatic heterocycles. The second kappa shape index (κ2) is 5.68. The Bertz CT molecular complexity index is 665. The van der Waals surface area contributed by atoms with Crippen LogP contribution in [0.4, 0.5) is 5.69 Å². The van der Waals surface area contributed by atoms with Crippen LogP contribution in [-0.2, 0) is 16.6 Å². The summed E-state index contributed by atoms with van der Waals surface area (Å²) in [7, 11) is -2.01. The van der Waals surface area contributed by atoms with E-state index in [-0.39, 0.29) is 4.90 Å². The van der Waals surface area contributed by atoms with Crippen molar-refractivity contribution in [2.75, 3.05) is 12.4 Å². The van der Waals surface area contributed by atoms with Crippen LogP contribution < -0.4 is 10.0 Å². The van der Waals surface area contributed by atoms with Gasteiger partial charge in [0.2, 0.25) is 10.0 Å². The fourth-order valence-corrected chi connectivity index (χ4v) is 2.96. The van der Waals surface area contributed by atoms with Gasteiger partial charge in [0.15, 0.2) is 0 Å². The summed E-state index contributed by atoms with van der Waals surface area (Å²) in [6.45, 7) is 2.53. The van der Waals surface area contributed by atoms with Gasteiger partial charge in [-0.25, -0.2) is 18.1 Å². The highest BCUT2D eigenvalue weighted by molar-refractivity contribution is 7.89. The summed E-state index contributed by atoms with van der Waals surface area (Å²) in [4.78, 5) is 4.58. The molecule has 1 aromatic carbocycles. The van der Waals surface area contributed by atoms with Crippen LogP contribution in [0.3, 0.4) is 0 Å². The van der Waals surface area contributed by atoms with E-state index in [0.717, 1.165) is 16.4 Å². The van der Waals surface area contributed by atoms with Crippen molar-refractivity contribution in [2.24, 2.45) is 0 Å². The molecule has 0 aliphatic carbocycles. The summed E-state index contributed by atoms with van der Waals surface area (Å²) in [5.41, 5.74) is 1.70. The molecule has 102 valence electrons. The Morgan fingerprint density at radius 3 is 2.79 bits per heavy atom. The van der Waals surface area contributed by atoms with Crippen molar-refractivity contribution in [3.8, 4) is 0 Å². The van der Waals surface area contributed by atoms with Crippen LogP contribution in [-0.4, -0.2) is 20.4 Å². The first-order valence-electron chi connectivity index (χ1n) is 5.70. The fraction of sp³-hybridized carbons (Fsp3) is 0.250. The van der Waals surface area contributed by atoms with E-state index >= 15 is 0 Å². The van der Waals surface area contributed by atoms with Crippen LogP contribution in [0.15, 0.2) is 34.5 Å². The summed E-state index contributed by atoms with van der Waals surface area (Å²) in [5.74, 6) is 0. The lowest BCUT2D eigenvalue weighted by atomic mass is 10.3. The predicted molar refractivity (Wildman–Crippen MR) is 76.9 cm³/mol. The van der Waals surface area contributed by atoms with Crippen molar-refractivity contribution in [3.63, 3.8) is 0 Å². The quantitative estimate of drug-likeness (QED) is 0.885. The molecule has 0 saturated carbocycles. The first kappa shape index (κ1) is 14.0. The van der Waals surface area contributed by atoms with Crippen LogP contribution in [0, 0.1) is 6.92 Å². The minimum Gasteiger partial charge on any atom is -0.379 e. The highest BCUT2D eigenvalue weighted by Gasteiger charge is 2.11. The van der Waals surface area contributed by atoms with E-state index in [1.165, 1.54) is 7.05 Å². The summed E-state index contributed by atoms with van der Waals surface area (Å²) in [5, 5.41) is 6.16. The van der Waals surface area contributed by atoms with Crippen molar-refractivity contribution in [2.45, 2.75) is 18.4 Å². The maximum Gasteiger partial charge on any atom is 0.240 e. The molecule has 0 bridgehead atoms. The SMILES string of the molecule is CNS(=O)(=O)c1cccc(NCc2csc(C)n2)c1. The minimum absolute atomic E-state index is 0.245. The molecule has 7 heteroatoms. The van der Waals surface area contributed by atoms with Gasteiger partial charge in [0.05, 0.1) is 22.1 Å². The third kappa shape index (κ3) is 3.52. The van der Waals surface area contributed by atoms with Crippen LogP contribution in [0.5, 0.6) is 0 Å². The van der Waals surface area contributed by atoms with Crippen molar-refractivity contribution in [1.82, 2.24) is 9.71 Å². The molecule has 0 saturated heterocycles. The number of hydrogen-bond donors (Lipinski definition) is 2. The Morgan fingerprint density at radius 1 is 1.37 bits per heavy atom. The summed E-state index contributed by atoms with van der Waals surface area (Å²) < 4.78 is 25.7. The lowest BCUT2D eigenvalue weighted by molar-refractivity contribution is 0.588. The monoisotopic (exact) mass is 297 g/mol.